The summed E-state index contributed by atoms with van der Waals surface area (Å²) in [4.78, 5) is 28.8. The van der Waals surface area contributed by atoms with Crippen molar-refractivity contribution in [1.82, 2.24) is 10.2 Å². The molecule has 0 unspecified atom stereocenters. The van der Waals surface area contributed by atoms with Crippen molar-refractivity contribution in [3.8, 4) is 0 Å². The predicted molar refractivity (Wildman–Crippen MR) is 146 cm³/mol. The Morgan fingerprint density at radius 3 is 2.23 bits per heavy atom. The van der Waals surface area contributed by atoms with Gasteiger partial charge >= 0.3 is 0 Å². The lowest BCUT2D eigenvalue weighted by molar-refractivity contribution is -0.141. The minimum atomic E-state index is -0.626. The van der Waals surface area contributed by atoms with Gasteiger partial charge in [-0.05, 0) is 47.2 Å². The second kappa shape index (κ2) is 13.5. The van der Waals surface area contributed by atoms with Gasteiger partial charge in [0.15, 0.2) is 0 Å². The molecule has 0 aliphatic heterocycles. The van der Waals surface area contributed by atoms with Crippen LogP contribution in [0.4, 0.5) is 0 Å². The van der Waals surface area contributed by atoms with Gasteiger partial charge in [-0.2, -0.15) is 0 Å². The Morgan fingerprint density at radius 2 is 1.57 bits per heavy atom. The van der Waals surface area contributed by atoms with E-state index in [1.807, 2.05) is 78.9 Å². The topological polar surface area (TPSA) is 49.4 Å². The molecule has 0 saturated carbocycles. The zero-order valence-corrected chi connectivity index (χ0v) is 22.6. The van der Waals surface area contributed by atoms with Crippen LogP contribution in [0.5, 0.6) is 0 Å². The highest BCUT2D eigenvalue weighted by Gasteiger charge is 2.30. The molecule has 0 aliphatic carbocycles. The molecular formula is C29H32BrClN2O2. The summed E-state index contributed by atoms with van der Waals surface area (Å²) >= 11 is 9.80. The van der Waals surface area contributed by atoms with Crippen LogP contribution in [-0.4, -0.2) is 29.3 Å². The number of carbonyl (C=O) groups excluding carboxylic acids is 2. The molecule has 0 bridgehead atoms. The van der Waals surface area contributed by atoms with Crippen molar-refractivity contribution in [1.29, 1.82) is 0 Å². The van der Waals surface area contributed by atoms with Crippen LogP contribution >= 0.6 is 27.5 Å². The number of nitrogens with one attached hydrogen (secondary N) is 1. The van der Waals surface area contributed by atoms with E-state index in [-0.39, 0.29) is 18.2 Å². The van der Waals surface area contributed by atoms with Crippen molar-refractivity contribution in [2.45, 2.75) is 45.7 Å². The van der Waals surface area contributed by atoms with E-state index in [1.165, 1.54) is 0 Å². The molecule has 35 heavy (non-hydrogen) atoms. The van der Waals surface area contributed by atoms with E-state index < -0.39 is 6.04 Å². The van der Waals surface area contributed by atoms with Crippen molar-refractivity contribution >= 4 is 39.3 Å². The minimum absolute atomic E-state index is 0.0755. The first-order valence-electron chi connectivity index (χ1n) is 11.9. The standard InChI is InChI=1S/C29H32BrClN2O2/c1-21(2)19-32-29(35)27(18-22-8-4-3-5-9-22)33(20-23-12-15-25(30)16-13-23)28(34)17-14-24-10-6-7-11-26(24)31/h3-13,15-16,21,27H,14,17-20H2,1-2H3,(H,32,35)/t27-/m0/s1. The van der Waals surface area contributed by atoms with Crippen LogP contribution in [-0.2, 0) is 29.0 Å². The summed E-state index contributed by atoms with van der Waals surface area (Å²) in [5.41, 5.74) is 2.90. The van der Waals surface area contributed by atoms with Crippen LogP contribution < -0.4 is 5.32 Å². The Bertz CT molecular complexity index is 1100. The summed E-state index contributed by atoms with van der Waals surface area (Å²) in [6.45, 7) is 5.02. The molecule has 0 radical (unpaired) electrons. The number of rotatable bonds is 11. The molecular weight excluding hydrogens is 524 g/mol. The molecule has 0 heterocycles. The minimum Gasteiger partial charge on any atom is -0.354 e. The summed E-state index contributed by atoms with van der Waals surface area (Å²) in [7, 11) is 0. The van der Waals surface area contributed by atoms with Crippen molar-refractivity contribution in [2.75, 3.05) is 6.54 Å². The van der Waals surface area contributed by atoms with Crippen molar-refractivity contribution in [2.24, 2.45) is 5.92 Å². The number of halogens is 2. The van der Waals surface area contributed by atoms with Crippen LogP contribution in [0.25, 0.3) is 0 Å². The number of hydrogen-bond acceptors (Lipinski definition) is 2. The Balaban J connectivity index is 1.90. The first-order valence-corrected chi connectivity index (χ1v) is 13.1. The maximum atomic E-state index is 13.7. The molecule has 0 aromatic heterocycles. The molecule has 6 heteroatoms. The highest BCUT2D eigenvalue weighted by atomic mass is 79.9. The van der Waals surface area contributed by atoms with Crippen LogP contribution in [0.2, 0.25) is 5.02 Å². The Labute approximate surface area is 221 Å². The molecule has 0 spiro atoms. The van der Waals surface area contributed by atoms with E-state index in [2.05, 4.69) is 35.1 Å². The molecule has 4 nitrogen and oxygen atoms in total. The average molecular weight is 556 g/mol. The lowest BCUT2D eigenvalue weighted by Gasteiger charge is -2.32. The van der Waals surface area contributed by atoms with Gasteiger partial charge in [-0.25, -0.2) is 0 Å². The smallest absolute Gasteiger partial charge is 0.243 e. The lowest BCUT2D eigenvalue weighted by atomic mass is 10.0. The van der Waals surface area contributed by atoms with Gasteiger partial charge < -0.3 is 10.2 Å². The lowest BCUT2D eigenvalue weighted by Crippen LogP contribution is -2.51. The van der Waals surface area contributed by atoms with Gasteiger partial charge in [-0.1, -0.05) is 102 Å². The quantitative estimate of drug-likeness (QED) is 0.296. The third kappa shape index (κ3) is 8.52. The van der Waals surface area contributed by atoms with Crippen molar-refractivity contribution < 1.29 is 9.59 Å². The molecule has 3 rings (SSSR count). The largest absolute Gasteiger partial charge is 0.354 e. The molecule has 3 aromatic carbocycles. The third-order valence-electron chi connectivity index (χ3n) is 5.79. The molecule has 0 fully saturated rings. The van der Waals surface area contributed by atoms with Crippen LogP contribution in [0, 0.1) is 5.92 Å². The highest BCUT2D eigenvalue weighted by molar-refractivity contribution is 9.10. The maximum absolute atomic E-state index is 13.7. The van der Waals surface area contributed by atoms with Crippen LogP contribution in [0.3, 0.4) is 0 Å². The maximum Gasteiger partial charge on any atom is 0.243 e. The van der Waals surface area contributed by atoms with E-state index in [9.17, 15) is 9.59 Å². The molecule has 2 amide bonds. The van der Waals surface area contributed by atoms with Gasteiger partial charge in [-0.15, -0.1) is 0 Å². The monoisotopic (exact) mass is 554 g/mol. The van der Waals surface area contributed by atoms with E-state index in [1.54, 1.807) is 4.90 Å². The van der Waals surface area contributed by atoms with Crippen LogP contribution in [0.1, 0.15) is 37.0 Å². The Morgan fingerprint density at radius 1 is 0.914 bits per heavy atom. The first kappa shape index (κ1) is 27.0. The number of amides is 2. The normalized spacial score (nSPS) is 11.8. The summed E-state index contributed by atoms with van der Waals surface area (Å²) < 4.78 is 0.966. The molecule has 3 aromatic rings. The van der Waals surface area contributed by atoms with E-state index in [4.69, 9.17) is 11.6 Å². The number of hydrogen-bond donors (Lipinski definition) is 1. The van der Waals surface area contributed by atoms with Gasteiger partial charge in [0.05, 0.1) is 0 Å². The third-order valence-corrected chi connectivity index (χ3v) is 6.69. The van der Waals surface area contributed by atoms with Crippen molar-refractivity contribution in [3.63, 3.8) is 0 Å². The van der Waals surface area contributed by atoms with Crippen molar-refractivity contribution in [3.05, 3.63) is 105 Å². The van der Waals surface area contributed by atoms with Gasteiger partial charge in [0.2, 0.25) is 11.8 Å². The summed E-state index contributed by atoms with van der Waals surface area (Å²) in [5, 5.41) is 3.70. The zero-order valence-electron chi connectivity index (χ0n) is 20.2. The van der Waals surface area contributed by atoms with Gasteiger partial charge in [0, 0.05) is 35.4 Å². The molecule has 184 valence electrons. The molecule has 0 saturated heterocycles. The first-order chi connectivity index (χ1) is 16.8. The molecule has 1 atom stereocenters. The van der Waals surface area contributed by atoms with Crippen LogP contribution in [0.15, 0.2) is 83.3 Å². The highest BCUT2D eigenvalue weighted by Crippen LogP contribution is 2.21. The summed E-state index contributed by atoms with van der Waals surface area (Å²) in [6, 6.07) is 24.6. The second-order valence-corrected chi connectivity index (χ2v) is 10.4. The number of benzene rings is 3. The fraction of sp³-hybridized carbons (Fsp3) is 0.310. The number of aryl methyl sites for hydroxylation is 1. The number of nitrogens with zero attached hydrogens (tertiary/aromatic N) is 1. The predicted octanol–water partition coefficient (Wildman–Crippen LogP) is 6.45. The second-order valence-electron chi connectivity index (χ2n) is 9.08. The fourth-order valence-electron chi connectivity index (χ4n) is 3.85. The Kier molecular flexibility index (Phi) is 10.4. The molecule has 1 N–H and O–H groups in total. The van der Waals surface area contributed by atoms with E-state index >= 15 is 0 Å². The fourth-order valence-corrected chi connectivity index (χ4v) is 4.34. The van der Waals surface area contributed by atoms with Gasteiger partial charge in [0.25, 0.3) is 0 Å². The van der Waals surface area contributed by atoms with Gasteiger partial charge in [-0.3, -0.25) is 9.59 Å². The number of carbonyl (C=O) groups is 2. The summed E-state index contributed by atoms with van der Waals surface area (Å²) in [6.07, 6.45) is 1.23. The van der Waals surface area contributed by atoms with E-state index in [0.29, 0.717) is 36.9 Å². The molecule has 0 aliphatic rings. The van der Waals surface area contributed by atoms with Gasteiger partial charge in [0.1, 0.15) is 6.04 Å². The summed E-state index contributed by atoms with van der Waals surface area (Å²) in [5.74, 6) is 0.103. The zero-order chi connectivity index (χ0) is 25.2. The SMILES string of the molecule is CC(C)CNC(=O)[C@H](Cc1ccccc1)N(Cc1ccc(Br)cc1)C(=O)CCc1ccccc1Cl. The van der Waals surface area contributed by atoms with E-state index in [0.717, 1.165) is 21.2 Å². The average Bonchev–Trinajstić information content (AvgIpc) is 2.85. The Hall–Kier alpha value is -2.63.